The Hall–Kier alpha value is -5.85. The number of carbonyl (C=O) groups is 7. The number of nitrogens with one attached hydrogen (secondary N) is 9. The molecule has 0 spiro atoms. The summed E-state index contributed by atoms with van der Waals surface area (Å²) in [6, 6.07) is -6.62. The molecule has 24 heteroatoms. The summed E-state index contributed by atoms with van der Waals surface area (Å²) in [5, 5.41) is 17.0. The Labute approximate surface area is 466 Å². The first-order chi connectivity index (χ1) is 37.8. The minimum absolute atomic E-state index is 0.0128. The maximum atomic E-state index is 14.5. The van der Waals surface area contributed by atoms with E-state index in [2.05, 4.69) is 81.4 Å². The SMILES string of the molecule is CCCCCCCCCCCCCCCC(=O)N[C@@H](CS)C(=O)N[C@H](CCCCN)C(=O)N[C@@H](CCCCN)C(=O)N[C@H](CCCCN)C(=O)N[C@@H](Cc1cnc[nH]1)C(=O)N[C@H](Cc1cnc[nH]1)[C@@H](Cc1cnc[nH]1)C(N)=O. The Morgan fingerprint density at radius 3 is 1.22 bits per heavy atom. The van der Waals surface area contributed by atoms with Crippen LogP contribution in [0.2, 0.25) is 0 Å². The van der Waals surface area contributed by atoms with E-state index in [9.17, 15) is 33.6 Å². The van der Waals surface area contributed by atoms with E-state index in [1.54, 1.807) is 12.4 Å². The molecule has 0 aliphatic rings. The van der Waals surface area contributed by atoms with Crippen molar-refractivity contribution < 1.29 is 33.6 Å². The van der Waals surface area contributed by atoms with E-state index in [0.717, 1.165) is 19.3 Å². The number of hydrogen-bond donors (Lipinski definition) is 14. The van der Waals surface area contributed by atoms with Crippen molar-refractivity contribution in [2.45, 2.75) is 210 Å². The molecule has 3 aromatic heterocycles. The number of aromatic nitrogens is 6. The second-order valence-electron chi connectivity index (χ2n) is 20.4. The zero-order chi connectivity index (χ0) is 56.8. The average molecular weight is 1110 g/mol. The number of rotatable bonds is 46. The second kappa shape index (κ2) is 40.4. The Morgan fingerprint density at radius 1 is 0.462 bits per heavy atom. The molecule has 0 saturated carbocycles. The normalized spacial score (nSPS) is 14.0. The van der Waals surface area contributed by atoms with Crippen LogP contribution in [0.25, 0.3) is 0 Å². The molecule has 0 radical (unpaired) electrons. The number of H-pyrrole nitrogens is 3. The molecule has 7 atom stereocenters. The fraction of sp³-hybridized carbons (Fsp3) is 0.704. The summed E-state index contributed by atoms with van der Waals surface area (Å²) in [4.78, 5) is 118. The fourth-order valence-electron chi connectivity index (χ4n) is 9.25. The number of hydrogen-bond acceptors (Lipinski definition) is 14. The topological polar surface area (TPSA) is 382 Å². The average Bonchev–Trinajstić information content (AvgIpc) is 4.26. The highest BCUT2D eigenvalue weighted by Gasteiger charge is 2.35. The van der Waals surface area contributed by atoms with Gasteiger partial charge >= 0.3 is 0 Å². The van der Waals surface area contributed by atoms with Gasteiger partial charge in [-0.25, -0.2) is 15.0 Å². The number of imidazole rings is 3. The summed E-state index contributed by atoms with van der Waals surface area (Å²) in [7, 11) is 0. The van der Waals surface area contributed by atoms with Crippen molar-refractivity contribution in [3.63, 3.8) is 0 Å². The van der Waals surface area contributed by atoms with Crippen LogP contribution in [0.3, 0.4) is 0 Å². The van der Waals surface area contributed by atoms with Crippen LogP contribution in [0.5, 0.6) is 0 Å². The van der Waals surface area contributed by atoms with Crippen LogP contribution in [-0.2, 0) is 52.8 Å². The summed E-state index contributed by atoms with van der Waals surface area (Å²) in [6.07, 6.45) is 28.2. The predicted octanol–water partition coefficient (Wildman–Crippen LogP) is 2.69. The minimum atomic E-state index is -1.25. The highest BCUT2D eigenvalue weighted by Crippen LogP contribution is 2.17. The van der Waals surface area contributed by atoms with E-state index < -0.39 is 77.6 Å². The molecule has 0 aromatic carbocycles. The van der Waals surface area contributed by atoms with Gasteiger partial charge in [0, 0.05) is 73.2 Å². The van der Waals surface area contributed by atoms with Crippen molar-refractivity contribution in [2.24, 2.45) is 28.9 Å². The van der Waals surface area contributed by atoms with Crippen molar-refractivity contribution >= 4 is 54.0 Å². The maximum Gasteiger partial charge on any atom is 0.244 e. The monoisotopic (exact) mass is 1110 g/mol. The third kappa shape index (κ3) is 27.2. The van der Waals surface area contributed by atoms with Gasteiger partial charge in [-0.3, -0.25) is 33.6 Å². The van der Waals surface area contributed by atoms with Gasteiger partial charge in [-0.1, -0.05) is 84.0 Å². The largest absolute Gasteiger partial charge is 0.369 e. The second-order valence-corrected chi connectivity index (χ2v) is 20.7. The van der Waals surface area contributed by atoms with E-state index in [0.29, 0.717) is 81.7 Å². The van der Waals surface area contributed by atoms with Gasteiger partial charge in [-0.15, -0.1) is 0 Å². The van der Waals surface area contributed by atoms with Crippen LogP contribution < -0.4 is 54.8 Å². The standard InChI is InChI=1S/C54H94N16O7S/c1-2-3-4-5-6-7-8-9-10-11-12-13-14-24-48(71)65-47(34-78)54(77)68-43(22-16-19-26-56)51(74)66-42(21-15-18-25-55)50(73)67-44(23-17-20-27-57)52(75)70-46(30-40-33-61-37-64-40)53(76)69-45(29-39-32-60-36-63-39)41(49(58)72)28-38-31-59-35-62-38/h31-33,35-37,41-47,78H,2-30,34,55-57H2,1H3,(H2,58,72)(H,59,62)(H,60,63)(H,61,64)(H,65,71)(H,66,74)(H,67,73)(H,68,77)(H,69,76)(H,70,75)/t41-,42+,43-,44-,45-,46+,47+/m1/s1. The molecule has 3 heterocycles. The summed E-state index contributed by atoms with van der Waals surface area (Å²) < 4.78 is 0. The summed E-state index contributed by atoms with van der Waals surface area (Å²) in [6.45, 7) is 3.23. The van der Waals surface area contributed by atoms with Gasteiger partial charge < -0.3 is 69.8 Å². The van der Waals surface area contributed by atoms with E-state index in [1.807, 2.05) is 0 Å². The lowest BCUT2D eigenvalue weighted by atomic mass is 9.90. The van der Waals surface area contributed by atoms with Crippen LogP contribution in [-0.4, -0.2) is 133 Å². The zero-order valence-corrected chi connectivity index (χ0v) is 47.1. The molecule has 0 aliphatic carbocycles. The van der Waals surface area contributed by atoms with E-state index in [4.69, 9.17) is 22.9 Å². The lowest BCUT2D eigenvalue weighted by Gasteiger charge is -2.29. The van der Waals surface area contributed by atoms with Gasteiger partial charge in [-0.2, -0.15) is 12.6 Å². The molecule has 0 aliphatic heterocycles. The quantitative estimate of drug-likeness (QED) is 0.0286. The number of amides is 7. The maximum absolute atomic E-state index is 14.5. The Morgan fingerprint density at radius 2 is 0.833 bits per heavy atom. The van der Waals surface area contributed by atoms with Crippen LogP contribution in [0.4, 0.5) is 0 Å². The molecular formula is C54H94N16O7S. The molecule has 23 nitrogen and oxygen atoms in total. The molecule has 438 valence electrons. The lowest BCUT2D eigenvalue weighted by molar-refractivity contribution is -0.135. The number of carbonyl (C=O) groups excluding carboxylic acids is 7. The molecule has 0 fully saturated rings. The number of unbranched alkanes of at least 4 members (excludes halogenated alkanes) is 15. The van der Waals surface area contributed by atoms with Gasteiger partial charge in [0.25, 0.3) is 0 Å². The Balaban J connectivity index is 1.74. The predicted molar refractivity (Wildman–Crippen MR) is 304 cm³/mol. The number of thiol groups is 1. The van der Waals surface area contributed by atoms with Gasteiger partial charge in [-0.05, 0) is 83.8 Å². The van der Waals surface area contributed by atoms with E-state index in [1.165, 1.54) is 83.0 Å². The minimum Gasteiger partial charge on any atom is -0.369 e. The van der Waals surface area contributed by atoms with Crippen molar-refractivity contribution in [3.05, 3.63) is 54.7 Å². The van der Waals surface area contributed by atoms with Crippen molar-refractivity contribution in [1.82, 2.24) is 61.8 Å². The van der Waals surface area contributed by atoms with Crippen LogP contribution in [0.15, 0.2) is 37.6 Å². The van der Waals surface area contributed by atoms with Crippen LogP contribution >= 0.6 is 12.6 Å². The first kappa shape index (κ1) is 66.4. The number of aromatic amines is 3. The van der Waals surface area contributed by atoms with Crippen LogP contribution in [0.1, 0.15) is 172 Å². The van der Waals surface area contributed by atoms with Gasteiger partial charge in [0.2, 0.25) is 41.4 Å². The zero-order valence-electron chi connectivity index (χ0n) is 46.2. The smallest absolute Gasteiger partial charge is 0.244 e. The molecule has 17 N–H and O–H groups in total. The summed E-state index contributed by atoms with van der Waals surface area (Å²) >= 11 is 4.36. The molecule has 0 unspecified atom stereocenters. The Bertz CT molecular complexity index is 2110. The van der Waals surface area contributed by atoms with Gasteiger partial charge in [0.15, 0.2) is 0 Å². The first-order valence-electron chi connectivity index (χ1n) is 28.6. The third-order valence-corrected chi connectivity index (χ3v) is 14.2. The van der Waals surface area contributed by atoms with Crippen molar-refractivity contribution in [3.8, 4) is 0 Å². The molecule has 7 amide bonds. The highest BCUT2D eigenvalue weighted by atomic mass is 32.1. The number of primary amides is 1. The summed E-state index contributed by atoms with van der Waals surface area (Å²) in [5.74, 6) is -5.14. The van der Waals surface area contributed by atoms with Crippen molar-refractivity contribution in [2.75, 3.05) is 25.4 Å². The van der Waals surface area contributed by atoms with Crippen molar-refractivity contribution in [1.29, 1.82) is 0 Å². The summed E-state index contributed by atoms with van der Waals surface area (Å²) in [5.41, 5.74) is 25.2. The molecule has 0 saturated heterocycles. The molecule has 0 bridgehead atoms. The molecule has 3 rings (SSSR count). The fourth-order valence-corrected chi connectivity index (χ4v) is 9.51. The van der Waals surface area contributed by atoms with E-state index in [-0.39, 0.29) is 56.6 Å². The Kier molecular flexibility index (Phi) is 34.4. The third-order valence-electron chi connectivity index (χ3n) is 13.9. The van der Waals surface area contributed by atoms with Gasteiger partial charge in [0.1, 0.15) is 30.2 Å². The van der Waals surface area contributed by atoms with E-state index >= 15 is 0 Å². The highest BCUT2D eigenvalue weighted by molar-refractivity contribution is 7.80. The molecule has 3 aromatic rings. The van der Waals surface area contributed by atoms with Crippen LogP contribution in [0, 0.1) is 5.92 Å². The molecule has 78 heavy (non-hydrogen) atoms. The number of nitrogens with zero attached hydrogens (tertiary/aromatic N) is 3. The van der Waals surface area contributed by atoms with Gasteiger partial charge in [0.05, 0.1) is 24.9 Å². The lowest BCUT2D eigenvalue weighted by Crippen LogP contribution is -2.60. The number of nitrogens with two attached hydrogens (primary N) is 4. The molecular weight excluding hydrogens is 1020 g/mol. The first-order valence-corrected chi connectivity index (χ1v) is 29.2.